The van der Waals surface area contributed by atoms with Gasteiger partial charge in [-0.3, -0.25) is 0 Å². The number of urea groups is 1. The fourth-order valence-corrected chi connectivity index (χ4v) is 2.43. The Morgan fingerprint density at radius 2 is 1.87 bits per heavy atom. The van der Waals surface area contributed by atoms with Crippen LogP contribution in [0, 0.1) is 6.92 Å². The predicted molar refractivity (Wildman–Crippen MR) is 88.8 cm³/mol. The number of hydrogen-bond donors (Lipinski definition) is 1. The summed E-state index contributed by atoms with van der Waals surface area (Å²) < 4.78 is 10.7. The van der Waals surface area contributed by atoms with Gasteiger partial charge >= 0.3 is 6.03 Å². The van der Waals surface area contributed by atoms with Gasteiger partial charge < -0.3 is 19.7 Å². The molecule has 2 aromatic carbocycles. The highest BCUT2D eigenvalue weighted by molar-refractivity contribution is 5.89. The number of aryl methyl sites for hydroxylation is 1. The molecular formula is C18H20N2O3. The van der Waals surface area contributed by atoms with Gasteiger partial charge in [0.2, 0.25) is 6.79 Å². The second kappa shape index (κ2) is 6.60. The lowest BCUT2D eigenvalue weighted by molar-refractivity contribution is 0.174. The first-order valence-corrected chi connectivity index (χ1v) is 7.67. The van der Waals surface area contributed by atoms with Crippen LogP contribution in [0.4, 0.5) is 10.5 Å². The summed E-state index contributed by atoms with van der Waals surface area (Å²) in [6.45, 7) is 5.37. The lowest BCUT2D eigenvalue weighted by atomic mass is 10.2. The van der Waals surface area contributed by atoms with E-state index in [1.54, 1.807) is 4.90 Å². The molecule has 2 amide bonds. The van der Waals surface area contributed by atoms with E-state index in [1.807, 2.05) is 56.3 Å². The first kappa shape index (κ1) is 15.2. The number of carbonyl (C=O) groups excluding carboxylic acids is 1. The number of rotatable bonds is 4. The van der Waals surface area contributed by atoms with Gasteiger partial charge in [0.15, 0.2) is 11.5 Å². The quantitative estimate of drug-likeness (QED) is 0.935. The van der Waals surface area contributed by atoms with Gasteiger partial charge in [0, 0.05) is 18.8 Å². The summed E-state index contributed by atoms with van der Waals surface area (Å²) in [7, 11) is 0. The molecule has 0 saturated heterocycles. The maximum Gasteiger partial charge on any atom is 0.322 e. The molecule has 120 valence electrons. The Morgan fingerprint density at radius 1 is 1.13 bits per heavy atom. The summed E-state index contributed by atoms with van der Waals surface area (Å²) in [5.41, 5.74) is 2.97. The van der Waals surface area contributed by atoms with Crippen molar-refractivity contribution in [3.8, 4) is 11.5 Å². The Bertz CT molecular complexity index is 698. The van der Waals surface area contributed by atoms with Crippen LogP contribution in [0.2, 0.25) is 0 Å². The number of amides is 2. The lowest BCUT2D eigenvalue weighted by Crippen LogP contribution is -2.34. The van der Waals surface area contributed by atoms with Crippen LogP contribution in [-0.2, 0) is 6.54 Å². The highest BCUT2D eigenvalue weighted by atomic mass is 16.7. The van der Waals surface area contributed by atoms with Gasteiger partial charge in [-0.1, -0.05) is 23.8 Å². The van der Waals surface area contributed by atoms with Crippen molar-refractivity contribution in [2.24, 2.45) is 0 Å². The van der Waals surface area contributed by atoms with Crippen LogP contribution in [0.3, 0.4) is 0 Å². The topological polar surface area (TPSA) is 50.8 Å². The first-order chi connectivity index (χ1) is 11.2. The Balaban J connectivity index is 1.67. The van der Waals surface area contributed by atoms with E-state index in [0.717, 1.165) is 28.3 Å². The van der Waals surface area contributed by atoms with E-state index in [9.17, 15) is 4.79 Å². The minimum atomic E-state index is -0.117. The molecule has 0 atom stereocenters. The van der Waals surface area contributed by atoms with Crippen molar-refractivity contribution in [2.75, 3.05) is 18.7 Å². The fraction of sp³-hybridized carbons (Fsp3) is 0.278. The molecule has 3 rings (SSSR count). The summed E-state index contributed by atoms with van der Waals surface area (Å²) in [6, 6.07) is 13.4. The van der Waals surface area contributed by atoms with Gasteiger partial charge in [-0.2, -0.15) is 0 Å². The number of carbonyl (C=O) groups is 1. The molecule has 2 aromatic rings. The normalized spacial score (nSPS) is 12.1. The number of nitrogens with one attached hydrogen (secondary N) is 1. The molecule has 1 heterocycles. The Labute approximate surface area is 135 Å². The second-order valence-electron chi connectivity index (χ2n) is 5.50. The van der Waals surface area contributed by atoms with Gasteiger partial charge in [-0.25, -0.2) is 4.79 Å². The van der Waals surface area contributed by atoms with Gasteiger partial charge in [0.05, 0.1) is 0 Å². The van der Waals surface area contributed by atoms with Crippen molar-refractivity contribution < 1.29 is 14.3 Å². The molecule has 0 saturated carbocycles. The third kappa shape index (κ3) is 3.56. The molecule has 1 aliphatic rings. The van der Waals surface area contributed by atoms with Crippen molar-refractivity contribution in [1.29, 1.82) is 0 Å². The van der Waals surface area contributed by atoms with E-state index < -0.39 is 0 Å². The lowest BCUT2D eigenvalue weighted by Gasteiger charge is -2.21. The molecule has 0 radical (unpaired) electrons. The predicted octanol–water partition coefficient (Wildman–Crippen LogP) is 3.78. The monoisotopic (exact) mass is 312 g/mol. The zero-order valence-corrected chi connectivity index (χ0v) is 13.3. The zero-order valence-electron chi connectivity index (χ0n) is 13.3. The summed E-state index contributed by atoms with van der Waals surface area (Å²) in [5.74, 6) is 1.48. The number of anilines is 1. The minimum absolute atomic E-state index is 0.117. The molecule has 23 heavy (non-hydrogen) atoms. The van der Waals surface area contributed by atoms with Crippen molar-refractivity contribution in [1.82, 2.24) is 4.90 Å². The number of benzene rings is 2. The third-order valence-electron chi connectivity index (χ3n) is 3.78. The molecule has 0 aromatic heterocycles. The van der Waals surface area contributed by atoms with E-state index in [0.29, 0.717) is 13.1 Å². The molecule has 1 N–H and O–H groups in total. The third-order valence-corrected chi connectivity index (χ3v) is 3.78. The fourth-order valence-electron chi connectivity index (χ4n) is 2.43. The highest BCUT2D eigenvalue weighted by Gasteiger charge is 2.16. The first-order valence-electron chi connectivity index (χ1n) is 7.67. The van der Waals surface area contributed by atoms with Gasteiger partial charge in [-0.05, 0) is 43.7 Å². The molecule has 5 heteroatoms. The molecule has 0 fully saturated rings. The van der Waals surface area contributed by atoms with Crippen LogP contribution in [0.1, 0.15) is 18.1 Å². The maximum absolute atomic E-state index is 12.4. The summed E-state index contributed by atoms with van der Waals surface area (Å²) in [6.07, 6.45) is 0. The number of hydrogen-bond acceptors (Lipinski definition) is 3. The van der Waals surface area contributed by atoms with Crippen LogP contribution < -0.4 is 14.8 Å². The Hall–Kier alpha value is -2.69. The van der Waals surface area contributed by atoms with Gasteiger partial charge in [0.1, 0.15) is 0 Å². The van der Waals surface area contributed by atoms with E-state index >= 15 is 0 Å². The smallest absolute Gasteiger partial charge is 0.322 e. The maximum atomic E-state index is 12.4. The van der Waals surface area contributed by atoms with Crippen LogP contribution in [0.5, 0.6) is 11.5 Å². The minimum Gasteiger partial charge on any atom is -0.454 e. The summed E-state index contributed by atoms with van der Waals surface area (Å²) >= 11 is 0. The average Bonchev–Trinajstić information content (AvgIpc) is 3.02. The molecule has 1 aliphatic heterocycles. The van der Waals surface area contributed by atoms with Crippen LogP contribution in [0.15, 0.2) is 42.5 Å². The van der Waals surface area contributed by atoms with Gasteiger partial charge in [0.25, 0.3) is 0 Å². The number of fused-ring (bicyclic) bond motifs is 1. The SMILES string of the molecule is CCN(Cc1ccc2c(c1)OCO2)C(=O)Nc1ccc(C)cc1. The van der Waals surface area contributed by atoms with E-state index in [4.69, 9.17) is 9.47 Å². The number of nitrogens with zero attached hydrogens (tertiary/aromatic N) is 1. The van der Waals surface area contributed by atoms with Crippen LogP contribution in [-0.4, -0.2) is 24.3 Å². The number of ether oxygens (including phenoxy) is 2. The molecule has 0 spiro atoms. The van der Waals surface area contributed by atoms with E-state index in [2.05, 4.69) is 5.32 Å². The van der Waals surface area contributed by atoms with Crippen LogP contribution in [0.25, 0.3) is 0 Å². The zero-order chi connectivity index (χ0) is 16.2. The second-order valence-corrected chi connectivity index (χ2v) is 5.50. The Morgan fingerprint density at radius 3 is 2.61 bits per heavy atom. The molecule has 0 bridgehead atoms. The van der Waals surface area contributed by atoms with Crippen molar-refractivity contribution in [3.05, 3.63) is 53.6 Å². The van der Waals surface area contributed by atoms with Gasteiger partial charge in [-0.15, -0.1) is 0 Å². The standard InChI is InChI=1S/C18H20N2O3/c1-3-20(18(21)19-15-7-4-13(2)5-8-15)11-14-6-9-16-17(10-14)23-12-22-16/h4-10H,3,11-12H2,1-2H3,(H,19,21). The van der Waals surface area contributed by atoms with E-state index in [1.165, 1.54) is 0 Å². The highest BCUT2D eigenvalue weighted by Crippen LogP contribution is 2.32. The average molecular weight is 312 g/mol. The summed E-state index contributed by atoms with van der Waals surface area (Å²) in [4.78, 5) is 14.2. The van der Waals surface area contributed by atoms with E-state index in [-0.39, 0.29) is 12.8 Å². The summed E-state index contributed by atoms with van der Waals surface area (Å²) in [5, 5.41) is 2.92. The molecule has 0 unspecified atom stereocenters. The van der Waals surface area contributed by atoms with Crippen molar-refractivity contribution in [3.63, 3.8) is 0 Å². The van der Waals surface area contributed by atoms with Crippen molar-refractivity contribution in [2.45, 2.75) is 20.4 Å². The largest absolute Gasteiger partial charge is 0.454 e. The van der Waals surface area contributed by atoms with Crippen LogP contribution >= 0.6 is 0 Å². The Kier molecular flexibility index (Phi) is 4.37. The molecule has 0 aliphatic carbocycles. The molecule has 5 nitrogen and oxygen atoms in total. The molecular weight excluding hydrogens is 292 g/mol. The van der Waals surface area contributed by atoms with Crippen molar-refractivity contribution >= 4 is 11.7 Å².